The van der Waals surface area contributed by atoms with Crippen molar-refractivity contribution in [2.45, 2.75) is 19.3 Å². The third kappa shape index (κ3) is 4.64. The number of nitrogens with zero attached hydrogens (tertiary/aromatic N) is 2. The largest absolute Gasteiger partial charge is 0.277 e. The Hall–Kier alpha value is -1.80. The van der Waals surface area contributed by atoms with Crippen molar-refractivity contribution in [3.05, 3.63) is 57.0 Å². The molecule has 0 saturated heterocycles. The van der Waals surface area contributed by atoms with Crippen molar-refractivity contribution in [3.63, 3.8) is 0 Å². The minimum absolute atomic E-state index is 0.317. The molecule has 0 radical (unpaired) electrons. The highest BCUT2D eigenvalue weighted by molar-refractivity contribution is 9.11. The molecule has 0 aromatic heterocycles. The molecule has 0 atom stereocenters. The molecule has 2 aromatic rings. The van der Waals surface area contributed by atoms with E-state index in [9.17, 15) is 8.78 Å². The summed E-state index contributed by atoms with van der Waals surface area (Å²) < 4.78 is 27.4. The Morgan fingerprint density at radius 2 is 1.20 bits per heavy atom. The molecule has 0 aliphatic heterocycles. The Labute approximate surface area is 160 Å². The molecule has 0 heterocycles. The third-order valence-electron chi connectivity index (χ3n) is 3.65. The Bertz CT molecular complexity index is 783. The molecule has 8 heteroatoms. The lowest BCUT2D eigenvalue weighted by molar-refractivity contribution is 0.626. The van der Waals surface area contributed by atoms with Gasteiger partial charge in [0, 0.05) is 8.95 Å². The maximum absolute atomic E-state index is 13.1. The molecule has 2 aromatic carbocycles. The number of rotatable bonds is 4. The first-order valence-corrected chi connectivity index (χ1v) is 9.17. The first-order chi connectivity index (χ1) is 12.0. The Morgan fingerprint density at radius 3 is 1.60 bits per heavy atom. The molecular weight excluding hydrogens is 458 g/mol. The van der Waals surface area contributed by atoms with Gasteiger partial charge in [0.05, 0.1) is 22.8 Å². The van der Waals surface area contributed by atoms with E-state index in [1.807, 2.05) is 0 Å². The maximum atomic E-state index is 13.1. The Morgan fingerprint density at radius 1 is 0.760 bits per heavy atom. The molecular formula is C17H14Br2F2N4. The summed E-state index contributed by atoms with van der Waals surface area (Å²) in [6, 6.07) is 8.71. The van der Waals surface area contributed by atoms with Crippen LogP contribution in [0.5, 0.6) is 0 Å². The fourth-order valence-corrected chi connectivity index (χ4v) is 3.25. The van der Waals surface area contributed by atoms with Gasteiger partial charge in [0.2, 0.25) is 0 Å². The van der Waals surface area contributed by atoms with Crippen molar-refractivity contribution in [1.29, 1.82) is 0 Å². The average Bonchev–Trinajstić information content (AvgIpc) is 3.01. The van der Waals surface area contributed by atoms with Crippen LogP contribution in [0, 0.1) is 11.6 Å². The van der Waals surface area contributed by atoms with Gasteiger partial charge in [-0.2, -0.15) is 10.2 Å². The summed E-state index contributed by atoms with van der Waals surface area (Å²) in [6.07, 6.45) is 2.56. The monoisotopic (exact) mass is 470 g/mol. The lowest BCUT2D eigenvalue weighted by Gasteiger charge is -2.07. The van der Waals surface area contributed by atoms with E-state index in [4.69, 9.17) is 0 Å². The van der Waals surface area contributed by atoms with E-state index in [1.165, 1.54) is 24.3 Å². The first kappa shape index (κ1) is 18.0. The van der Waals surface area contributed by atoms with Gasteiger partial charge in [-0.15, -0.1) is 0 Å². The zero-order valence-corrected chi connectivity index (χ0v) is 16.2. The fourth-order valence-electron chi connectivity index (χ4n) is 2.37. The number of halogens is 4. The number of benzene rings is 2. The van der Waals surface area contributed by atoms with Crippen LogP contribution in [0.1, 0.15) is 19.3 Å². The Balaban J connectivity index is 1.73. The lowest BCUT2D eigenvalue weighted by atomic mass is 10.3. The number of anilines is 2. The zero-order chi connectivity index (χ0) is 17.8. The lowest BCUT2D eigenvalue weighted by Crippen LogP contribution is -2.10. The minimum atomic E-state index is -0.317. The van der Waals surface area contributed by atoms with Crippen molar-refractivity contribution in [1.82, 2.24) is 0 Å². The highest BCUT2D eigenvalue weighted by Crippen LogP contribution is 2.25. The third-order valence-corrected chi connectivity index (χ3v) is 4.96. The van der Waals surface area contributed by atoms with Gasteiger partial charge in [-0.05, 0) is 87.5 Å². The summed E-state index contributed by atoms with van der Waals surface area (Å²) in [7, 11) is 0. The van der Waals surface area contributed by atoms with Crippen molar-refractivity contribution in [2.24, 2.45) is 10.2 Å². The zero-order valence-electron chi connectivity index (χ0n) is 13.0. The van der Waals surface area contributed by atoms with Crippen LogP contribution in [0.4, 0.5) is 20.2 Å². The van der Waals surface area contributed by atoms with E-state index < -0.39 is 0 Å². The van der Waals surface area contributed by atoms with E-state index in [1.54, 1.807) is 12.1 Å². The summed E-state index contributed by atoms with van der Waals surface area (Å²) in [5.74, 6) is -0.635. The molecule has 0 unspecified atom stereocenters. The minimum Gasteiger partial charge on any atom is -0.277 e. The highest BCUT2D eigenvalue weighted by atomic mass is 79.9. The fraction of sp³-hybridized carbons (Fsp3) is 0.176. The molecule has 0 spiro atoms. The first-order valence-electron chi connectivity index (χ1n) is 7.58. The predicted molar refractivity (Wildman–Crippen MR) is 104 cm³/mol. The smallest absolute Gasteiger partial charge is 0.124 e. The van der Waals surface area contributed by atoms with Gasteiger partial charge >= 0.3 is 0 Å². The van der Waals surface area contributed by atoms with Crippen molar-refractivity contribution in [2.75, 3.05) is 10.9 Å². The standard InChI is InChI=1S/C17H14Br2F2N4/c18-12-8-10(20)4-6-14(12)22-24-16-2-1-3-17(16)25-23-15-7-5-11(21)9-13(15)19/h4-9,22-23H,1-3H2/b24-16-,25-17+. The van der Waals surface area contributed by atoms with E-state index in [0.29, 0.717) is 20.3 Å². The second kappa shape index (κ2) is 8.05. The van der Waals surface area contributed by atoms with Gasteiger partial charge in [-0.3, -0.25) is 10.9 Å². The number of hydrogen-bond acceptors (Lipinski definition) is 4. The SMILES string of the molecule is Fc1ccc(N/N=C2/CCC/C2=N\Nc2ccc(F)cc2Br)c(Br)c1. The van der Waals surface area contributed by atoms with Crippen LogP contribution in [0.15, 0.2) is 55.5 Å². The molecule has 1 aliphatic rings. The normalized spacial score (nSPS) is 17.3. The number of nitrogens with one attached hydrogen (secondary N) is 2. The van der Waals surface area contributed by atoms with Crippen LogP contribution in [0.25, 0.3) is 0 Å². The molecule has 2 N–H and O–H groups in total. The summed E-state index contributed by atoms with van der Waals surface area (Å²) >= 11 is 6.59. The van der Waals surface area contributed by atoms with E-state index >= 15 is 0 Å². The summed E-state index contributed by atoms with van der Waals surface area (Å²) in [6.45, 7) is 0. The van der Waals surface area contributed by atoms with E-state index in [0.717, 1.165) is 30.7 Å². The van der Waals surface area contributed by atoms with Crippen LogP contribution in [0.2, 0.25) is 0 Å². The quantitative estimate of drug-likeness (QED) is 0.544. The van der Waals surface area contributed by atoms with Crippen LogP contribution in [-0.4, -0.2) is 11.4 Å². The molecule has 3 rings (SSSR count). The van der Waals surface area contributed by atoms with E-state index in [-0.39, 0.29) is 11.6 Å². The maximum Gasteiger partial charge on any atom is 0.124 e. The van der Waals surface area contributed by atoms with Crippen LogP contribution in [0.3, 0.4) is 0 Å². The van der Waals surface area contributed by atoms with Crippen molar-refractivity contribution < 1.29 is 8.78 Å². The number of hydrazone groups is 2. The molecule has 4 nitrogen and oxygen atoms in total. The molecule has 25 heavy (non-hydrogen) atoms. The topological polar surface area (TPSA) is 48.8 Å². The van der Waals surface area contributed by atoms with Crippen LogP contribution < -0.4 is 10.9 Å². The molecule has 130 valence electrons. The van der Waals surface area contributed by atoms with E-state index in [2.05, 4.69) is 52.9 Å². The van der Waals surface area contributed by atoms with Gasteiger partial charge in [0.25, 0.3) is 0 Å². The van der Waals surface area contributed by atoms with Gasteiger partial charge in [0.1, 0.15) is 11.6 Å². The predicted octanol–water partition coefficient (Wildman–Crippen LogP) is 5.91. The van der Waals surface area contributed by atoms with Crippen LogP contribution >= 0.6 is 31.9 Å². The van der Waals surface area contributed by atoms with Crippen molar-refractivity contribution >= 4 is 54.7 Å². The molecule has 0 bridgehead atoms. The van der Waals surface area contributed by atoms with Gasteiger partial charge in [-0.25, -0.2) is 8.78 Å². The number of hydrogen-bond donors (Lipinski definition) is 2. The summed E-state index contributed by atoms with van der Waals surface area (Å²) in [5, 5.41) is 8.77. The average molecular weight is 472 g/mol. The van der Waals surface area contributed by atoms with Crippen molar-refractivity contribution in [3.8, 4) is 0 Å². The molecule has 0 amide bonds. The molecule has 1 fully saturated rings. The summed E-state index contributed by atoms with van der Waals surface area (Å²) in [4.78, 5) is 0. The second-order valence-electron chi connectivity index (χ2n) is 5.44. The van der Waals surface area contributed by atoms with Gasteiger partial charge in [0.15, 0.2) is 0 Å². The van der Waals surface area contributed by atoms with Gasteiger partial charge in [-0.1, -0.05) is 0 Å². The molecule has 1 aliphatic carbocycles. The van der Waals surface area contributed by atoms with Gasteiger partial charge < -0.3 is 0 Å². The molecule has 1 saturated carbocycles. The summed E-state index contributed by atoms with van der Waals surface area (Å²) in [5.41, 5.74) is 8.89. The Kier molecular flexibility index (Phi) is 5.80. The van der Waals surface area contributed by atoms with Crippen LogP contribution in [-0.2, 0) is 0 Å². The second-order valence-corrected chi connectivity index (χ2v) is 7.15. The highest BCUT2D eigenvalue weighted by Gasteiger charge is 2.18.